The highest BCUT2D eigenvalue weighted by Crippen LogP contribution is 2.67. The Morgan fingerprint density at radius 2 is 1.45 bits per heavy atom. The molecule has 1 nitrogen and oxygen atoms in total. The predicted molar refractivity (Wildman–Crippen MR) is 133 cm³/mol. The Kier molecular flexibility index (Phi) is 10.2. The van der Waals surface area contributed by atoms with E-state index >= 15 is 0 Å². The maximum Gasteiger partial charge on any atom is 0.391 e. The molecule has 0 bridgehead atoms. The Morgan fingerprint density at radius 1 is 0.848 bits per heavy atom. The second-order valence-corrected chi connectivity index (χ2v) is 11.8. The van der Waals surface area contributed by atoms with Crippen LogP contribution in [0.2, 0.25) is 0 Å². The number of aliphatic hydroxyl groups excluding tert-OH is 1. The van der Waals surface area contributed by atoms with Crippen molar-refractivity contribution in [2.75, 3.05) is 0 Å². The summed E-state index contributed by atoms with van der Waals surface area (Å²) in [4.78, 5) is 0. The van der Waals surface area contributed by atoms with Gasteiger partial charge in [0.25, 0.3) is 0 Å². The van der Waals surface area contributed by atoms with Gasteiger partial charge < -0.3 is 5.11 Å². The van der Waals surface area contributed by atoms with Crippen LogP contribution in [-0.4, -0.2) is 17.4 Å². The van der Waals surface area contributed by atoms with Crippen LogP contribution in [0.3, 0.4) is 0 Å². The molecule has 4 aliphatic carbocycles. The molecule has 0 radical (unpaired) electrons. The van der Waals surface area contributed by atoms with Crippen molar-refractivity contribution in [3.8, 4) is 0 Å². The number of fused-ring (bicyclic) bond motifs is 5. The van der Waals surface area contributed by atoms with Gasteiger partial charge in [0.05, 0.1) is 12.0 Å². The first-order valence-corrected chi connectivity index (χ1v) is 14.3. The SMILES string of the molecule is CC.CC.CC(CCCC1CCC2C3CCC4CC(O)CCC4(C)C3CCC12C)C(F)(F)F. The summed E-state index contributed by atoms with van der Waals surface area (Å²) in [7, 11) is 0. The molecule has 9 unspecified atom stereocenters. The summed E-state index contributed by atoms with van der Waals surface area (Å²) in [6, 6.07) is 0. The van der Waals surface area contributed by atoms with Crippen LogP contribution >= 0.6 is 0 Å². The molecular formula is C29H53F3O. The molecular weight excluding hydrogens is 421 g/mol. The minimum atomic E-state index is -4.04. The Labute approximate surface area is 202 Å². The van der Waals surface area contributed by atoms with Crippen molar-refractivity contribution >= 4 is 0 Å². The van der Waals surface area contributed by atoms with Crippen molar-refractivity contribution in [3.63, 3.8) is 0 Å². The van der Waals surface area contributed by atoms with Gasteiger partial charge in [-0.2, -0.15) is 13.2 Å². The monoisotopic (exact) mass is 474 g/mol. The van der Waals surface area contributed by atoms with Crippen molar-refractivity contribution < 1.29 is 18.3 Å². The van der Waals surface area contributed by atoms with E-state index < -0.39 is 12.1 Å². The predicted octanol–water partition coefficient (Wildman–Crippen LogP) is 9.43. The number of alkyl halides is 3. The molecule has 0 aromatic carbocycles. The Hall–Kier alpha value is -0.250. The summed E-state index contributed by atoms with van der Waals surface area (Å²) in [5, 5.41) is 10.2. The third-order valence-corrected chi connectivity index (χ3v) is 10.6. The molecule has 0 aliphatic heterocycles. The summed E-state index contributed by atoms with van der Waals surface area (Å²) >= 11 is 0. The summed E-state index contributed by atoms with van der Waals surface area (Å²) < 4.78 is 38.6. The molecule has 1 N–H and O–H groups in total. The first-order valence-electron chi connectivity index (χ1n) is 14.3. The van der Waals surface area contributed by atoms with Crippen molar-refractivity contribution in [1.29, 1.82) is 0 Å². The van der Waals surface area contributed by atoms with Crippen LogP contribution in [0.1, 0.15) is 126 Å². The van der Waals surface area contributed by atoms with Crippen LogP contribution in [0.15, 0.2) is 0 Å². The van der Waals surface area contributed by atoms with E-state index in [0.29, 0.717) is 22.7 Å². The Balaban J connectivity index is 0.000000914. The lowest BCUT2D eigenvalue weighted by molar-refractivity contribution is -0.171. The van der Waals surface area contributed by atoms with Crippen LogP contribution in [0.25, 0.3) is 0 Å². The van der Waals surface area contributed by atoms with Crippen molar-refractivity contribution in [1.82, 2.24) is 0 Å². The van der Waals surface area contributed by atoms with Gasteiger partial charge in [-0.3, -0.25) is 0 Å². The molecule has 4 fully saturated rings. The molecule has 4 aliphatic rings. The van der Waals surface area contributed by atoms with Gasteiger partial charge in [0, 0.05) is 0 Å². The highest BCUT2D eigenvalue weighted by molar-refractivity contribution is 5.09. The highest BCUT2D eigenvalue weighted by Gasteiger charge is 2.59. The second-order valence-electron chi connectivity index (χ2n) is 11.8. The number of halogens is 3. The molecule has 4 saturated carbocycles. The highest BCUT2D eigenvalue weighted by atomic mass is 19.4. The van der Waals surface area contributed by atoms with Gasteiger partial charge in [0.15, 0.2) is 0 Å². The lowest BCUT2D eigenvalue weighted by Crippen LogP contribution is -2.53. The third kappa shape index (κ3) is 5.78. The number of rotatable bonds is 4. The molecule has 0 amide bonds. The van der Waals surface area contributed by atoms with E-state index in [0.717, 1.165) is 43.4 Å². The van der Waals surface area contributed by atoms with Crippen LogP contribution in [0.5, 0.6) is 0 Å². The minimum Gasteiger partial charge on any atom is -0.393 e. The van der Waals surface area contributed by atoms with Crippen molar-refractivity contribution in [2.24, 2.45) is 46.3 Å². The lowest BCUT2D eigenvalue weighted by atomic mass is 9.44. The third-order valence-electron chi connectivity index (χ3n) is 10.6. The van der Waals surface area contributed by atoms with E-state index in [1.165, 1.54) is 51.9 Å². The van der Waals surface area contributed by atoms with E-state index in [9.17, 15) is 18.3 Å². The lowest BCUT2D eigenvalue weighted by Gasteiger charge is -2.61. The average molecular weight is 475 g/mol. The van der Waals surface area contributed by atoms with Gasteiger partial charge >= 0.3 is 6.18 Å². The van der Waals surface area contributed by atoms with Gasteiger partial charge in [-0.25, -0.2) is 0 Å². The van der Waals surface area contributed by atoms with Gasteiger partial charge in [-0.05, 0) is 111 Å². The van der Waals surface area contributed by atoms with E-state index in [1.807, 2.05) is 27.7 Å². The van der Waals surface area contributed by atoms with Gasteiger partial charge in [0.2, 0.25) is 0 Å². The van der Waals surface area contributed by atoms with Gasteiger partial charge in [-0.1, -0.05) is 54.9 Å². The Morgan fingerprint density at radius 3 is 2.09 bits per heavy atom. The van der Waals surface area contributed by atoms with Crippen LogP contribution in [-0.2, 0) is 0 Å². The first-order chi connectivity index (χ1) is 15.6. The standard InChI is InChI=1S/C25H41F3O.2C2H6/c1-16(25(26,27)28)5-4-6-17-8-10-21-20-9-7-18-15-19(29)11-13-24(18,3)22(20)12-14-23(17,21)2;2*1-2/h16-22,29H,4-15H2,1-3H3;2*1-2H3. The average Bonchev–Trinajstić information content (AvgIpc) is 3.12. The molecule has 0 spiro atoms. The number of hydrogen-bond donors (Lipinski definition) is 1. The second kappa shape index (κ2) is 11.7. The molecule has 0 aromatic rings. The summed E-state index contributed by atoms with van der Waals surface area (Å²) in [5.41, 5.74) is 0.754. The van der Waals surface area contributed by atoms with Crippen molar-refractivity contribution in [2.45, 2.75) is 138 Å². The topological polar surface area (TPSA) is 20.2 Å². The van der Waals surface area contributed by atoms with Crippen LogP contribution in [0.4, 0.5) is 13.2 Å². The Bertz CT molecular complexity index is 590. The van der Waals surface area contributed by atoms with Crippen molar-refractivity contribution in [3.05, 3.63) is 0 Å². The zero-order valence-electron chi connectivity index (χ0n) is 22.6. The molecule has 0 heterocycles. The molecule has 0 aromatic heterocycles. The first kappa shape index (κ1) is 29.0. The van der Waals surface area contributed by atoms with Gasteiger partial charge in [-0.15, -0.1) is 0 Å². The summed E-state index contributed by atoms with van der Waals surface area (Å²) in [6.45, 7) is 14.3. The molecule has 196 valence electrons. The molecule has 33 heavy (non-hydrogen) atoms. The van der Waals surface area contributed by atoms with Crippen LogP contribution in [0, 0.1) is 46.3 Å². The zero-order valence-corrected chi connectivity index (χ0v) is 22.6. The fraction of sp³-hybridized carbons (Fsp3) is 1.00. The smallest absolute Gasteiger partial charge is 0.391 e. The fourth-order valence-electron chi connectivity index (χ4n) is 8.65. The molecule has 0 saturated heterocycles. The summed E-state index contributed by atoms with van der Waals surface area (Å²) in [6.07, 6.45) is 8.69. The van der Waals surface area contributed by atoms with E-state index in [-0.39, 0.29) is 12.5 Å². The maximum absolute atomic E-state index is 12.9. The minimum absolute atomic E-state index is 0.0894. The number of hydrogen-bond acceptors (Lipinski definition) is 1. The molecule has 4 rings (SSSR count). The summed E-state index contributed by atoms with van der Waals surface area (Å²) in [5.74, 6) is 2.53. The van der Waals surface area contributed by atoms with Crippen LogP contribution < -0.4 is 0 Å². The maximum atomic E-state index is 12.9. The van der Waals surface area contributed by atoms with E-state index in [4.69, 9.17) is 0 Å². The van der Waals surface area contributed by atoms with Gasteiger partial charge in [0.1, 0.15) is 0 Å². The molecule has 9 atom stereocenters. The van der Waals surface area contributed by atoms with E-state index in [2.05, 4.69) is 13.8 Å². The normalized spacial score (nSPS) is 43.0. The number of aliphatic hydroxyl groups is 1. The molecule has 4 heteroatoms. The fourth-order valence-corrected chi connectivity index (χ4v) is 8.65. The zero-order chi connectivity index (χ0) is 25.0. The quantitative estimate of drug-likeness (QED) is 0.430. The largest absolute Gasteiger partial charge is 0.393 e. The van der Waals surface area contributed by atoms with E-state index in [1.54, 1.807) is 0 Å².